The van der Waals surface area contributed by atoms with Gasteiger partial charge in [0.1, 0.15) is 0 Å². The molecule has 124 valence electrons. The van der Waals surface area contributed by atoms with Crippen LogP contribution in [0.1, 0.15) is 24.8 Å². The van der Waals surface area contributed by atoms with Crippen molar-refractivity contribution in [2.45, 2.75) is 35.5 Å². The molecule has 1 aliphatic carbocycles. The molecule has 2 N–H and O–H groups in total. The van der Waals surface area contributed by atoms with E-state index < -0.39 is 15.7 Å². The number of ether oxygens (including phenoxy) is 1. The summed E-state index contributed by atoms with van der Waals surface area (Å²) in [6.45, 7) is 1.02. The van der Waals surface area contributed by atoms with Gasteiger partial charge in [-0.25, -0.2) is 8.42 Å². The van der Waals surface area contributed by atoms with E-state index in [9.17, 15) is 13.2 Å². The maximum atomic E-state index is 12.1. The van der Waals surface area contributed by atoms with Crippen LogP contribution in [0.25, 0.3) is 0 Å². The number of primary amides is 1. The number of hydrogen-bond donors (Lipinski definition) is 1. The zero-order valence-electron chi connectivity index (χ0n) is 12.5. The maximum Gasteiger partial charge on any atom is 0.271 e. The van der Waals surface area contributed by atoms with Gasteiger partial charge in [0.05, 0.1) is 23.4 Å². The molecule has 23 heavy (non-hydrogen) atoms. The second-order valence-electron chi connectivity index (χ2n) is 5.66. The Kier molecular flexibility index (Phi) is 4.36. The molecule has 3 rings (SSSR count). The van der Waals surface area contributed by atoms with Crippen LogP contribution in [0.3, 0.4) is 0 Å². The van der Waals surface area contributed by atoms with Gasteiger partial charge in [0.2, 0.25) is 0 Å². The van der Waals surface area contributed by atoms with E-state index in [4.69, 9.17) is 15.3 Å². The quantitative estimate of drug-likeness (QED) is 0.604. The molecule has 0 bridgehead atoms. The van der Waals surface area contributed by atoms with E-state index >= 15 is 0 Å². The number of nitrogens with zero attached hydrogens (tertiary/aromatic N) is 1. The van der Waals surface area contributed by atoms with Crippen LogP contribution >= 0.6 is 0 Å². The highest BCUT2D eigenvalue weighted by atomic mass is 32.2. The number of hydrogen-bond acceptors (Lipinski definition) is 6. The van der Waals surface area contributed by atoms with E-state index in [1.807, 2.05) is 0 Å². The van der Waals surface area contributed by atoms with Crippen molar-refractivity contribution in [2.24, 2.45) is 10.9 Å². The lowest BCUT2D eigenvalue weighted by atomic mass is 10.1. The molecular weight excluding hydrogens is 320 g/mol. The van der Waals surface area contributed by atoms with Gasteiger partial charge in [-0.3, -0.25) is 4.79 Å². The largest absolute Gasteiger partial charge is 0.389 e. The molecule has 1 aromatic carbocycles. The number of rotatable bonds is 6. The Morgan fingerprint density at radius 1 is 1.22 bits per heavy atom. The van der Waals surface area contributed by atoms with Gasteiger partial charge in [-0.15, -0.1) is 0 Å². The Bertz CT molecular complexity index is 717. The van der Waals surface area contributed by atoms with E-state index in [1.165, 1.54) is 24.3 Å². The molecule has 1 aromatic rings. The monoisotopic (exact) mass is 338 g/mol. The van der Waals surface area contributed by atoms with E-state index in [1.54, 1.807) is 0 Å². The number of oxime groups is 1. The molecule has 1 saturated heterocycles. The summed E-state index contributed by atoms with van der Waals surface area (Å²) in [6.07, 6.45) is 1.91. The van der Waals surface area contributed by atoms with Gasteiger partial charge >= 0.3 is 0 Å². The predicted molar refractivity (Wildman–Crippen MR) is 82.7 cm³/mol. The van der Waals surface area contributed by atoms with Gasteiger partial charge in [0, 0.05) is 12.0 Å². The topological polar surface area (TPSA) is 108 Å². The molecule has 0 aromatic heterocycles. The lowest BCUT2D eigenvalue weighted by Crippen LogP contribution is -2.25. The van der Waals surface area contributed by atoms with Crippen LogP contribution in [0.2, 0.25) is 0 Å². The standard InChI is InChI=1S/C15H18N2O5S/c16-15(18)14(17-22-11-7-8-21-9-11)10-1-3-12(4-2-10)23(19,20)13-5-6-13/h1-4,11,13H,5-9H2,(H2,16,18)/b17-14+/t11-/m1/s1. The number of carbonyl (C=O) groups is 1. The first-order valence-corrected chi connectivity index (χ1v) is 8.99. The van der Waals surface area contributed by atoms with Crippen molar-refractivity contribution < 1.29 is 22.8 Å². The van der Waals surface area contributed by atoms with Crippen molar-refractivity contribution in [3.63, 3.8) is 0 Å². The highest BCUT2D eigenvalue weighted by Crippen LogP contribution is 2.33. The Hall–Kier alpha value is -1.93. The van der Waals surface area contributed by atoms with Gasteiger partial charge in [-0.2, -0.15) is 0 Å². The van der Waals surface area contributed by atoms with Crippen LogP contribution in [-0.2, 0) is 24.2 Å². The minimum Gasteiger partial charge on any atom is -0.389 e. The molecule has 1 saturated carbocycles. The Morgan fingerprint density at radius 2 is 1.91 bits per heavy atom. The van der Waals surface area contributed by atoms with Gasteiger partial charge in [-0.05, 0) is 25.0 Å². The molecule has 1 aliphatic heterocycles. The average molecular weight is 338 g/mol. The highest BCUT2D eigenvalue weighted by molar-refractivity contribution is 7.92. The molecule has 1 heterocycles. The van der Waals surface area contributed by atoms with Gasteiger partial charge in [0.15, 0.2) is 21.7 Å². The third-order valence-electron chi connectivity index (χ3n) is 3.83. The molecule has 2 aliphatic rings. The summed E-state index contributed by atoms with van der Waals surface area (Å²) in [4.78, 5) is 17.1. The van der Waals surface area contributed by atoms with E-state index in [0.717, 1.165) is 0 Å². The first kappa shape index (κ1) is 15.9. The number of carbonyl (C=O) groups excluding carboxylic acids is 1. The van der Waals surface area contributed by atoms with Crippen molar-refractivity contribution in [2.75, 3.05) is 13.2 Å². The number of benzene rings is 1. The zero-order valence-corrected chi connectivity index (χ0v) is 13.3. The summed E-state index contributed by atoms with van der Waals surface area (Å²) in [6, 6.07) is 5.99. The van der Waals surface area contributed by atoms with Crippen LogP contribution < -0.4 is 5.73 Å². The lowest BCUT2D eigenvalue weighted by Gasteiger charge is -2.08. The van der Waals surface area contributed by atoms with Crippen molar-refractivity contribution >= 4 is 21.5 Å². The van der Waals surface area contributed by atoms with Crippen LogP contribution in [-0.4, -0.2) is 44.6 Å². The van der Waals surface area contributed by atoms with E-state index in [0.29, 0.717) is 38.0 Å². The second-order valence-corrected chi connectivity index (χ2v) is 7.89. The molecule has 0 unspecified atom stereocenters. The van der Waals surface area contributed by atoms with Crippen molar-refractivity contribution in [1.82, 2.24) is 0 Å². The number of nitrogens with two attached hydrogens (primary N) is 1. The lowest BCUT2D eigenvalue weighted by molar-refractivity contribution is -0.112. The fourth-order valence-corrected chi connectivity index (χ4v) is 3.99. The van der Waals surface area contributed by atoms with Gasteiger partial charge < -0.3 is 15.3 Å². The summed E-state index contributed by atoms with van der Waals surface area (Å²) in [7, 11) is -3.26. The smallest absolute Gasteiger partial charge is 0.271 e. The fraction of sp³-hybridized carbons (Fsp3) is 0.467. The van der Waals surface area contributed by atoms with Crippen LogP contribution in [0.4, 0.5) is 0 Å². The van der Waals surface area contributed by atoms with E-state index in [-0.39, 0.29) is 22.0 Å². The van der Waals surface area contributed by atoms with Crippen LogP contribution in [0, 0.1) is 0 Å². The summed E-state index contributed by atoms with van der Waals surface area (Å²) in [5.74, 6) is -0.735. The van der Waals surface area contributed by atoms with Crippen molar-refractivity contribution in [1.29, 1.82) is 0 Å². The minimum absolute atomic E-state index is 0.0349. The van der Waals surface area contributed by atoms with Crippen molar-refractivity contribution in [3.05, 3.63) is 29.8 Å². The minimum atomic E-state index is -3.26. The third-order valence-corrected chi connectivity index (χ3v) is 6.11. The molecule has 8 heteroatoms. The summed E-state index contributed by atoms with van der Waals surface area (Å²) >= 11 is 0. The predicted octanol–water partition coefficient (Wildman–Crippen LogP) is 0.618. The highest BCUT2D eigenvalue weighted by Gasteiger charge is 2.36. The Balaban J connectivity index is 1.79. The Morgan fingerprint density at radius 3 is 2.43 bits per heavy atom. The molecule has 1 atom stereocenters. The summed E-state index contributed by atoms with van der Waals surface area (Å²) in [5.41, 5.74) is 5.72. The third kappa shape index (κ3) is 3.53. The molecule has 7 nitrogen and oxygen atoms in total. The molecular formula is C15H18N2O5S. The van der Waals surface area contributed by atoms with Gasteiger partial charge in [-0.1, -0.05) is 17.3 Å². The Labute approximate surface area is 134 Å². The second kappa shape index (κ2) is 6.29. The number of amides is 1. The molecule has 1 amide bonds. The SMILES string of the molecule is NC(=O)/C(=N/O[C@@H]1CCOC1)c1ccc(S(=O)(=O)C2CC2)cc1. The van der Waals surface area contributed by atoms with Crippen molar-refractivity contribution in [3.8, 4) is 0 Å². The summed E-state index contributed by atoms with van der Waals surface area (Å²) < 4.78 is 29.5. The first-order chi connectivity index (χ1) is 11.0. The molecule has 0 spiro atoms. The van der Waals surface area contributed by atoms with Gasteiger partial charge in [0.25, 0.3) is 5.91 Å². The molecule has 0 radical (unpaired) electrons. The van der Waals surface area contributed by atoms with E-state index in [2.05, 4.69) is 5.16 Å². The van der Waals surface area contributed by atoms with Crippen LogP contribution in [0.5, 0.6) is 0 Å². The summed E-state index contributed by atoms with van der Waals surface area (Å²) in [5, 5.41) is 3.55. The number of sulfone groups is 1. The molecule has 2 fully saturated rings. The fourth-order valence-electron chi connectivity index (χ4n) is 2.34. The zero-order chi connectivity index (χ0) is 16.4. The average Bonchev–Trinajstić information content (AvgIpc) is 3.27. The normalized spacial score (nSPS) is 22.1. The maximum absolute atomic E-state index is 12.1. The first-order valence-electron chi connectivity index (χ1n) is 7.44. The van der Waals surface area contributed by atoms with Crippen LogP contribution in [0.15, 0.2) is 34.3 Å².